The molecular weight excluding hydrogens is 398 g/mol. The summed E-state index contributed by atoms with van der Waals surface area (Å²) in [6.07, 6.45) is 3.43. The van der Waals surface area contributed by atoms with E-state index in [0.717, 1.165) is 17.7 Å². The van der Waals surface area contributed by atoms with Gasteiger partial charge in [-0.1, -0.05) is 16.8 Å². The summed E-state index contributed by atoms with van der Waals surface area (Å²) in [6, 6.07) is 4.93. The van der Waals surface area contributed by atoms with E-state index < -0.39 is 0 Å². The summed E-state index contributed by atoms with van der Waals surface area (Å²) in [4.78, 5) is 22.8. The SMILES string of the molecule is COc1ccc(Cl)cc1C(=O)/N=c1\sn(C(C)(C)C)cc1CC1CC(C)=NO1. The Balaban J connectivity index is 2.00. The quantitative estimate of drug-likeness (QED) is 0.734. The third-order valence-corrected chi connectivity index (χ3v) is 5.93. The summed E-state index contributed by atoms with van der Waals surface area (Å²) in [5.41, 5.74) is 2.16. The standard InChI is InChI=1S/C20H24ClN3O3S/c1-12-8-15(27-23-12)9-13-11-24(20(2,3)4)28-19(13)22-18(25)16-10-14(21)6-7-17(16)26-5/h6-7,10-11,15H,8-9H2,1-5H3/b22-19-. The maximum Gasteiger partial charge on any atom is 0.282 e. The van der Waals surface area contributed by atoms with Gasteiger partial charge in [-0.25, -0.2) is 0 Å². The van der Waals surface area contributed by atoms with Crippen molar-refractivity contribution in [3.63, 3.8) is 0 Å². The molecule has 1 aliphatic heterocycles. The van der Waals surface area contributed by atoms with Crippen LogP contribution in [0.2, 0.25) is 5.02 Å². The van der Waals surface area contributed by atoms with E-state index in [2.05, 4.69) is 34.9 Å². The molecule has 1 aliphatic rings. The minimum absolute atomic E-state index is 0.0345. The number of hydrogen-bond donors (Lipinski definition) is 0. The molecule has 28 heavy (non-hydrogen) atoms. The van der Waals surface area contributed by atoms with Crippen molar-refractivity contribution >= 4 is 34.8 Å². The van der Waals surface area contributed by atoms with Crippen molar-refractivity contribution in [3.8, 4) is 5.75 Å². The molecule has 0 radical (unpaired) electrons. The van der Waals surface area contributed by atoms with Crippen molar-refractivity contribution in [2.75, 3.05) is 7.11 Å². The van der Waals surface area contributed by atoms with Crippen molar-refractivity contribution in [1.29, 1.82) is 0 Å². The molecule has 2 aromatic rings. The van der Waals surface area contributed by atoms with Crippen molar-refractivity contribution in [2.24, 2.45) is 10.1 Å². The van der Waals surface area contributed by atoms with Gasteiger partial charge in [0.1, 0.15) is 16.5 Å². The number of halogens is 1. The number of nitrogens with zero attached hydrogens (tertiary/aromatic N) is 3. The number of carbonyl (C=O) groups is 1. The number of benzene rings is 1. The molecule has 3 rings (SSSR count). The van der Waals surface area contributed by atoms with Crippen LogP contribution in [0.15, 0.2) is 34.5 Å². The predicted molar refractivity (Wildman–Crippen MR) is 112 cm³/mol. The van der Waals surface area contributed by atoms with E-state index in [1.54, 1.807) is 18.2 Å². The van der Waals surface area contributed by atoms with Gasteiger partial charge in [0.25, 0.3) is 5.91 Å². The largest absolute Gasteiger partial charge is 0.496 e. The van der Waals surface area contributed by atoms with E-state index >= 15 is 0 Å². The van der Waals surface area contributed by atoms with E-state index in [1.165, 1.54) is 18.6 Å². The van der Waals surface area contributed by atoms with E-state index in [1.807, 2.05) is 13.1 Å². The van der Waals surface area contributed by atoms with Gasteiger partial charge in [0.05, 0.1) is 18.4 Å². The molecule has 1 unspecified atom stereocenters. The number of aromatic nitrogens is 1. The molecule has 0 N–H and O–H groups in total. The summed E-state index contributed by atoms with van der Waals surface area (Å²) >= 11 is 7.52. The lowest BCUT2D eigenvalue weighted by atomic mass is 10.1. The lowest BCUT2D eigenvalue weighted by Gasteiger charge is -2.19. The minimum atomic E-state index is -0.386. The predicted octanol–water partition coefficient (Wildman–Crippen LogP) is 4.42. The van der Waals surface area contributed by atoms with Crippen LogP contribution in [0.4, 0.5) is 0 Å². The molecule has 0 saturated heterocycles. The molecule has 1 amide bonds. The molecule has 0 aliphatic carbocycles. The highest BCUT2D eigenvalue weighted by atomic mass is 35.5. The molecule has 0 saturated carbocycles. The second kappa shape index (κ2) is 8.09. The van der Waals surface area contributed by atoms with Crippen LogP contribution in [0.3, 0.4) is 0 Å². The van der Waals surface area contributed by atoms with Gasteiger partial charge in [0.15, 0.2) is 0 Å². The van der Waals surface area contributed by atoms with E-state index in [9.17, 15) is 4.79 Å². The van der Waals surface area contributed by atoms with Crippen LogP contribution in [0.1, 0.15) is 50.0 Å². The highest BCUT2D eigenvalue weighted by Gasteiger charge is 2.23. The number of hydrogen-bond acceptors (Lipinski definition) is 5. The molecule has 2 heterocycles. The fourth-order valence-electron chi connectivity index (χ4n) is 2.86. The average molecular weight is 422 g/mol. The maximum absolute atomic E-state index is 12.9. The van der Waals surface area contributed by atoms with Gasteiger partial charge in [0, 0.05) is 35.2 Å². The van der Waals surface area contributed by atoms with E-state index in [4.69, 9.17) is 21.2 Å². The second-order valence-electron chi connectivity index (χ2n) is 7.77. The van der Waals surface area contributed by atoms with E-state index in [0.29, 0.717) is 27.4 Å². The van der Waals surface area contributed by atoms with Crippen LogP contribution in [0.25, 0.3) is 0 Å². The summed E-state index contributed by atoms with van der Waals surface area (Å²) < 4.78 is 8.06. The minimum Gasteiger partial charge on any atom is -0.496 e. The first-order valence-corrected chi connectivity index (χ1v) is 10.2. The van der Waals surface area contributed by atoms with Crippen LogP contribution in [-0.2, 0) is 16.8 Å². The average Bonchev–Trinajstić information content (AvgIpc) is 3.21. The Hall–Kier alpha value is -2.12. The fraction of sp³-hybridized carbons (Fsp3) is 0.450. The summed E-state index contributed by atoms with van der Waals surface area (Å²) in [7, 11) is 1.52. The third-order valence-electron chi connectivity index (χ3n) is 4.32. The van der Waals surface area contributed by atoms with Crippen LogP contribution in [-0.4, -0.2) is 28.8 Å². The Morgan fingerprint density at radius 3 is 2.82 bits per heavy atom. The van der Waals surface area contributed by atoms with Crippen LogP contribution < -0.4 is 9.41 Å². The van der Waals surface area contributed by atoms with Crippen molar-refractivity contribution in [3.05, 3.63) is 45.2 Å². The van der Waals surface area contributed by atoms with Gasteiger partial charge in [-0.15, -0.1) is 0 Å². The molecule has 0 spiro atoms. The summed E-state index contributed by atoms with van der Waals surface area (Å²) in [5.74, 6) is 0.0615. The number of amides is 1. The summed E-state index contributed by atoms with van der Waals surface area (Å²) in [5, 5.41) is 4.48. The van der Waals surface area contributed by atoms with Crippen LogP contribution in [0.5, 0.6) is 5.75 Å². The lowest BCUT2D eigenvalue weighted by Crippen LogP contribution is -2.18. The summed E-state index contributed by atoms with van der Waals surface area (Å²) in [6.45, 7) is 8.28. The number of ether oxygens (including phenoxy) is 1. The van der Waals surface area contributed by atoms with Crippen molar-refractivity contribution < 1.29 is 14.4 Å². The molecule has 6 nitrogen and oxygen atoms in total. The third kappa shape index (κ3) is 4.64. The second-order valence-corrected chi connectivity index (χ2v) is 9.17. The van der Waals surface area contributed by atoms with Crippen molar-refractivity contribution in [1.82, 2.24) is 3.96 Å². The smallest absolute Gasteiger partial charge is 0.282 e. The Kier molecular flexibility index (Phi) is 5.95. The van der Waals surface area contributed by atoms with Gasteiger partial charge in [-0.2, -0.15) is 4.99 Å². The highest BCUT2D eigenvalue weighted by molar-refractivity contribution is 7.04. The number of oxime groups is 1. The number of rotatable bonds is 4. The highest BCUT2D eigenvalue weighted by Crippen LogP contribution is 2.24. The van der Waals surface area contributed by atoms with Crippen molar-refractivity contribution in [2.45, 2.75) is 52.2 Å². The normalized spacial score (nSPS) is 17.4. The molecule has 0 fully saturated rings. The van der Waals surface area contributed by atoms with Gasteiger partial charge in [0.2, 0.25) is 0 Å². The van der Waals surface area contributed by atoms with Gasteiger partial charge < -0.3 is 9.57 Å². The zero-order valence-corrected chi connectivity index (χ0v) is 18.2. The lowest BCUT2D eigenvalue weighted by molar-refractivity contribution is 0.0855. The first-order chi connectivity index (χ1) is 13.2. The molecule has 1 aromatic carbocycles. The van der Waals surface area contributed by atoms with Gasteiger partial charge >= 0.3 is 0 Å². The maximum atomic E-state index is 12.9. The molecular formula is C20H24ClN3O3S. The van der Waals surface area contributed by atoms with E-state index in [-0.39, 0.29) is 17.6 Å². The Morgan fingerprint density at radius 2 is 2.21 bits per heavy atom. The Bertz CT molecular complexity index is 985. The van der Waals surface area contributed by atoms with Gasteiger partial charge in [-0.3, -0.25) is 8.75 Å². The zero-order chi connectivity index (χ0) is 20.5. The Morgan fingerprint density at radius 1 is 1.46 bits per heavy atom. The molecule has 8 heteroatoms. The molecule has 1 aromatic heterocycles. The van der Waals surface area contributed by atoms with Crippen LogP contribution in [0, 0.1) is 0 Å². The van der Waals surface area contributed by atoms with Crippen LogP contribution >= 0.6 is 23.1 Å². The fourth-order valence-corrected chi connectivity index (χ4v) is 4.05. The molecule has 150 valence electrons. The topological polar surface area (TPSA) is 65.2 Å². The zero-order valence-electron chi connectivity index (χ0n) is 16.7. The Labute approximate surface area is 173 Å². The first kappa shape index (κ1) is 20.6. The molecule has 0 bridgehead atoms. The first-order valence-electron chi connectivity index (χ1n) is 9.01. The number of carbonyl (C=O) groups excluding carboxylic acids is 1. The molecule has 1 atom stereocenters. The monoisotopic (exact) mass is 421 g/mol. The number of methoxy groups -OCH3 is 1. The van der Waals surface area contributed by atoms with Gasteiger partial charge in [-0.05, 0) is 57.4 Å².